The van der Waals surface area contributed by atoms with Gasteiger partial charge in [0.25, 0.3) is 5.56 Å². The summed E-state index contributed by atoms with van der Waals surface area (Å²) in [6.07, 6.45) is 5.51. The van der Waals surface area contributed by atoms with E-state index in [0.29, 0.717) is 39.0 Å². The molecular weight excluding hydrogens is 540 g/mol. The van der Waals surface area contributed by atoms with Crippen LogP contribution in [0.5, 0.6) is 0 Å². The Morgan fingerprint density at radius 1 is 1.07 bits per heavy atom. The molecule has 206 valence electrons. The quantitative estimate of drug-likeness (QED) is 0.298. The summed E-state index contributed by atoms with van der Waals surface area (Å²) in [7, 11) is -2.06. The largest absolute Gasteiger partial charge is 0.368 e. The van der Waals surface area contributed by atoms with Gasteiger partial charge in [0.2, 0.25) is 16.0 Å². The van der Waals surface area contributed by atoms with Crippen molar-refractivity contribution in [1.29, 1.82) is 5.26 Å². The Bertz CT molecular complexity index is 1990. The summed E-state index contributed by atoms with van der Waals surface area (Å²) in [6, 6.07) is 19.9. The fourth-order valence-electron chi connectivity index (χ4n) is 4.59. The van der Waals surface area contributed by atoms with Crippen LogP contribution < -0.4 is 20.9 Å². The molecule has 0 amide bonds. The normalized spacial score (nSPS) is 12.0. The fourth-order valence-corrected chi connectivity index (χ4v) is 5.07. The van der Waals surface area contributed by atoms with Crippen molar-refractivity contribution in [3.8, 4) is 22.9 Å². The molecule has 11 nitrogen and oxygen atoms in total. The van der Waals surface area contributed by atoms with Gasteiger partial charge in [-0.15, -0.1) is 0 Å². The smallest absolute Gasteiger partial charge is 0.263 e. The Labute approximate surface area is 236 Å². The van der Waals surface area contributed by atoms with Gasteiger partial charge in [-0.05, 0) is 42.1 Å². The highest BCUT2D eigenvalue weighted by atomic mass is 32.2. The van der Waals surface area contributed by atoms with Crippen molar-refractivity contribution in [2.24, 2.45) is 0 Å². The molecule has 12 heteroatoms. The van der Waals surface area contributed by atoms with E-state index in [-0.39, 0.29) is 22.9 Å². The maximum atomic E-state index is 14.4. The molecule has 0 aliphatic heterocycles. The van der Waals surface area contributed by atoms with Crippen LogP contribution in [-0.4, -0.2) is 41.2 Å². The lowest BCUT2D eigenvalue weighted by Crippen LogP contribution is -2.26. The van der Waals surface area contributed by atoms with E-state index in [1.807, 2.05) is 61.5 Å². The number of nitrogens with zero attached hydrogens (tertiary/aromatic N) is 6. The number of sulfonamides is 1. The van der Waals surface area contributed by atoms with E-state index in [0.717, 1.165) is 10.6 Å². The number of nitrogens with two attached hydrogens (primary N) is 1. The first kappa shape index (κ1) is 27.3. The van der Waals surface area contributed by atoms with Crippen molar-refractivity contribution in [1.82, 2.24) is 19.5 Å². The highest BCUT2D eigenvalue weighted by Gasteiger charge is 2.21. The molecule has 0 aliphatic rings. The monoisotopic (exact) mass is 566 g/mol. The summed E-state index contributed by atoms with van der Waals surface area (Å²) >= 11 is 0. The zero-order valence-corrected chi connectivity index (χ0v) is 23.3. The first-order valence-electron chi connectivity index (χ1n) is 12.5. The lowest BCUT2D eigenvalue weighted by molar-refractivity contribution is 0.600. The number of hydrogen-bond donors (Lipinski definition) is 2. The van der Waals surface area contributed by atoms with Crippen molar-refractivity contribution in [3.63, 3.8) is 0 Å². The van der Waals surface area contributed by atoms with Gasteiger partial charge in [-0.25, -0.2) is 13.4 Å². The molecule has 0 saturated heterocycles. The third-order valence-corrected chi connectivity index (χ3v) is 7.92. The van der Waals surface area contributed by atoms with Gasteiger partial charge in [0.05, 0.1) is 35.8 Å². The average Bonchev–Trinajstić information content (AvgIpc) is 2.96. The van der Waals surface area contributed by atoms with E-state index >= 15 is 0 Å². The maximum absolute atomic E-state index is 14.4. The number of anilines is 3. The van der Waals surface area contributed by atoms with Crippen molar-refractivity contribution < 1.29 is 8.42 Å². The topological polar surface area (TPSA) is 160 Å². The van der Waals surface area contributed by atoms with Crippen molar-refractivity contribution in [2.45, 2.75) is 13.0 Å². The molecule has 0 saturated carbocycles. The lowest BCUT2D eigenvalue weighted by Gasteiger charge is -2.22. The minimum Gasteiger partial charge on any atom is -0.368 e. The van der Waals surface area contributed by atoms with Gasteiger partial charge in [-0.2, -0.15) is 10.2 Å². The van der Waals surface area contributed by atoms with E-state index < -0.39 is 16.1 Å². The molecule has 3 aromatic heterocycles. The number of nitrogen functional groups attached to an aromatic ring is 1. The van der Waals surface area contributed by atoms with E-state index in [4.69, 9.17) is 5.73 Å². The van der Waals surface area contributed by atoms with Gasteiger partial charge in [-0.3, -0.25) is 18.7 Å². The molecule has 0 radical (unpaired) electrons. The predicted molar refractivity (Wildman–Crippen MR) is 159 cm³/mol. The SMILES string of the molecule is CC(Nc1nc(N)ncc1C#N)c1cc2cccc(-c3cncc(N(C)S(C)(=O)=O)c3)c2c(=O)n1-c1ccccc1. The summed E-state index contributed by atoms with van der Waals surface area (Å²) in [5, 5.41) is 13.9. The zero-order chi connectivity index (χ0) is 29.3. The van der Waals surface area contributed by atoms with Crippen LogP contribution >= 0.6 is 0 Å². The molecule has 3 heterocycles. The van der Waals surface area contributed by atoms with Gasteiger partial charge in [0.1, 0.15) is 17.5 Å². The van der Waals surface area contributed by atoms with Crippen LogP contribution in [0.4, 0.5) is 17.5 Å². The van der Waals surface area contributed by atoms with Crippen molar-refractivity contribution in [2.75, 3.05) is 28.7 Å². The molecule has 1 unspecified atom stereocenters. The van der Waals surface area contributed by atoms with E-state index in [1.54, 1.807) is 16.8 Å². The highest BCUT2D eigenvalue weighted by molar-refractivity contribution is 7.92. The van der Waals surface area contributed by atoms with Gasteiger partial charge in [-0.1, -0.05) is 36.4 Å². The number of hydrogen-bond acceptors (Lipinski definition) is 9. The molecule has 41 heavy (non-hydrogen) atoms. The minimum absolute atomic E-state index is 0.0136. The molecule has 1 atom stereocenters. The maximum Gasteiger partial charge on any atom is 0.263 e. The van der Waals surface area contributed by atoms with Crippen molar-refractivity contribution in [3.05, 3.63) is 101 Å². The summed E-state index contributed by atoms with van der Waals surface area (Å²) in [4.78, 5) is 26.7. The van der Waals surface area contributed by atoms with Gasteiger partial charge >= 0.3 is 0 Å². The number of nitriles is 1. The molecule has 0 fully saturated rings. The molecule has 0 aliphatic carbocycles. The van der Waals surface area contributed by atoms with Crippen LogP contribution in [0.1, 0.15) is 24.2 Å². The number of nitrogens with one attached hydrogen (secondary N) is 1. The number of benzene rings is 2. The number of aromatic nitrogens is 4. The Morgan fingerprint density at radius 2 is 1.83 bits per heavy atom. The van der Waals surface area contributed by atoms with Crippen LogP contribution in [0.3, 0.4) is 0 Å². The van der Waals surface area contributed by atoms with Crippen LogP contribution in [0, 0.1) is 11.3 Å². The number of para-hydroxylation sites is 1. The van der Waals surface area contributed by atoms with Crippen LogP contribution in [0.15, 0.2) is 84.0 Å². The van der Waals surface area contributed by atoms with Crippen LogP contribution in [0.25, 0.3) is 27.6 Å². The Hall–Kier alpha value is -5.28. The van der Waals surface area contributed by atoms with Crippen molar-refractivity contribution >= 4 is 38.2 Å². The minimum atomic E-state index is -3.51. The molecule has 5 aromatic rings. The van der Waals surface area contributed by atoms with E-state index in [9.17, 15) is 18.5 Å². The standard InChI is InChI=1S/C29H26N8O3S/c1-18(34-27-21(14-30)16-33-29(31)35-27)25-13-19-8-7-11-24(20-12-23(17-32-15-20)36(2)41(3,39)40)26(19)28(38)37(25)22-9-5-4-6-10-22/h4-13,15-18H,1-3H3,(H3,31,33,34,35). The summed E-state index contributed by atoms with van der Waals surface area (Å²) in [5.74, 6) is 0.269. The molecule has 0 spiro atoms. The highest BCUT2D eigenvalue weighted by Crippen LogP contribution is 2.32. The summed E-state index contributed by atoms with van der Waals surface area (Å²) in [5.41, 5.74) is 8.54. The first-order valence-corrected chi connectivity index (χ1v) is 14.4. The zero-order valence-electron chi connectivity index (χ0n) is 22.5. The lowest BCUT2D eigenvalue weighted by atomic mass is 9.98. The Morgan fingerprint density at radius 3 is 2.54 bits per heavy atom. The third-order valence-electron chi connectivity index (χ3n) is 6.71. The molecule has 3 N–H and O–H groups in total. The number of pyridine rings is 2. The summed E-state index contributed by atoms with van der Waals surface area (Å²) < 4.78 is 27.0. The average molecular weight is 567 g/mol. The molecule has 0 bridgehead atoms. The fraction of sp³-hybridized carbons (Fsp3) is 0.138. The Kier molecular flexibility index (Phi) is 7.13. The van der Waals surface area contributed by atoms with E-state index in [2.05, 4.69) is 26.3 Å². The third kappa shape index (κ3) is 5.30. The predicted octanol–water partition coefficient (Wildman–Crippen LogP) is 3.87. The molecule has 2 aromatic carbocycles. The van der Waals surface area contributed by atoms with Crippen LogP contribution in [0.2, 0.25) is 0 Å². The van der Waals surface area contributed by atoms with Crippen LogP contribution in [-0.2, 0) is 10.0 Å². The number of fused-ring (bicyclic) bond motifs is 1. The first-order chi connectivity index (χ1) is 19.6. The second-order valence-electron chi connectivity index (χ2n) is 9.45. The van der Waals surface area contributed by atoms with E-state index in [1.165, 1.54) is 19.4 Å². The number of rotatable bonds is 7. The Balaban J connectivity index is 1.73. The summed E-state index contributed by atoms with van der Waals surface area (Å²) in [6.45, 7) is 1.86. The molecule has 5 rings (SSSR count). The second-order valence-corrected chi connectivity index (χ2v) is 11.5. The second kappa shape index (κ2) is 10.7. The van der Waals surface area contributed by atoms with Gasteiger partial charge < -0.3 is 11.1 Å². The van der Waals surface area contributed by atoms with Gasteiger partial charge in [0.15, 0.2) is 0 Å². The molecular formula is C29H26N8O3S. The van der Waals surface area contributed by atoms with Gasteiger partial charge in [0, 0.05) is 30.2 Å².